The summed E-state index contributed by atoms with van der Waals surface area (Å²) in [5.74, 6) is 0.770. The van der Waals surface area contributed by atoms with Gasteiger partial charge < -0.3 is 10.6 Å². The van der Waals surface area contributed by atoms with Crippen LogP contribution in [-0.4, -0.2) is 36.3 Å². The molecule has 80 valence electrons. The van der Waals surface area contributed by atoms with Crippen molar-refractivity contribution in [2.45, 2.75) is 32.6 Å². The van der Waals surface area contributed by atoms with Crippen LogP contribution in [0.1, 0.15) is 32.6 Å². The number of rotatable bonds is 3. The molecule has 4 nitrogen and oxygen atoms in total. The Bertz CT molecular complexity index is 215. The molecule has 1 aliphatic heterocycles. The Morgan fingerprint density at radius 1 is 1.36 bits per heavy atom. The molecule has 14 heavy (non-hydrogen) atoms. The number of carbonyl (C=O) groups excluding carboxylic acids is 1. The summed E-state index contributed by atoms with van der Waals surface area (Å²) in [6.45, 7) is 4.11. The highest BCUT2D eigenvalue weighted by molar-refractivity contribution is 5.79. The number of carbonyl (C=O) groups is 1. The molecule has 1 amide bonds. The SMILES string of the molecule is CC(N)=NCCC(=O)N1CCCCC1. The highest BCUT2D eigenvalue weighted by Crippen LogP contribution is 2.09. The number of amides is 1. The van der Waals surface area contributed by atoms with Crippen LogP contribution < -0.4 is 5.73 Å². The van der Waals surface area contributed by atoms with Crippen LogP contribution in [0.15, 0.2) is 4.99 Å². The monoisotopic (exact) mass is 197 g/mol. The minimum absolute atomic E-state index is 0.217. The van der Waals surface area contributed by atoms with Gasteiger partial charge in [0, 0.05) is 26.1 Å². The van der Waals surface area contributed by atoms with Crippen LogP contribution >= 0.6 is 0 Å². The lowest BCUT2D eigenvalue weighted by atomic mass is 10.1. The van der Waals surface area contributed by atoms with E-state index in [1.54, 1.807) is 6.92 Å². The molecule has 0 aromatic rings. The molecule has 1 aliphatic rings. The van der Waals surface area contributed by atoms with E-state index in [9.17, 15) is 4.79 Å². The standard InChI is InChI=1S/C10H19N3O/c1-9(11)12-6-5-10(14)13-7-3-2-4-8-13/h2-8H2,1H3,(H2,11,12). The van der Waals surface area contributed by atoms with Crippen LogP contribution in [0.25, 0.3) is 0 Å². The maximum absolute atomic E-state index is 11.6. The highest BCUT2D eigenvalue weighted by Gasteiger charge is 2.15. The first-order valence-corrected chi connectivity index (χ1v) is 5.24. The number of nitrogens with zero attached hydrogens (tertiary/aromatic N) is 2. The van der Waals surface area contributed by atoms with E-state index < -0.39 is 0 Å². The van der Waals surface area contributed by atoms with Crippen LogP contribution in [0.4, 0.5) is 0 Å². The van der Waals surface area contributed by atoms with Crippen molar-refractivity contribution in [1.29, 1.82) is 0 Å². The molecule has 4 heteroatoms. The summed E-state index contributed by atoms with van der Waals surface area (Å²) in [7, 11) is 0. The van der Waals surface area contributed by atoms with Crippen molar-refractivity contribution in [2.75, 3.05) is 19.6 Å². The molecule has 1 rings (SSSR count). The van der Waals surface area contributed by atoms with Crippen molar-refractivity contribution < 1.29 is 4.79 Å². The van der Waals surface area contributed by atoms with Crippen LogP contribution in [0, 0.1) is 0 Å². The van der Waals surface area contributed by atoms with Gasteiger partial charge in [0.1, 0.15) is 0 Å². The van der Waals surface area contributed by atoms with Gasteiger partial charge in [-0.05, 0) is 26.2 Å². The first kappa shape index (κ1) is 11.0. The Kier molecular flexibility index (Phi) is 4.43. The van der Waals surface area contributed by atoms with E-state index in [2.05, 4.69) is 4.99 Å². The fourth-order valence-electron chi connectivity index (χ4n) is 1.63. The zero-order chi connectivity index (χ0) is 10.4. The minimum atomic E-state index is 0.217. The van der Waals surface area contributed by atoms with E-state index in [1.807, 2.05) is 4.90 Å². The Hall–Kier alpha value is -1.06. The quantitative estimate of drug-likeness (QED) is 0.536. The van der Waals surface area contributed by atoms with Gasteiger partial charge in [-0.15, -0.1) is 0 Å². The van der Waals surface area contributed by atoms with E-state index in [0.717, 1.165) is 25.9 Å². The number of hydrogen-bond acceptors (Lipinski definition) is 2. The van der Waals surface area contributed by atoms with Gasteiger partial charge in [0.05, 0.1) is 5.84 Å². The molecule has 2 N–H and O–H groups in total. The Balaban J connectivity index is 2.23. The molecule has 0 bridgehead atoms. The lowest BCUT2D eigenvalue weighted by Gasteiger charge is -2.26. The molecule has 0 aromatic carbocycles. The molecular formula is C10H19N3O. The first-order valence-electron chi connectivity index (χ1n) is 5.24. The summed E-state index contributed by atoms with van der Waals surface area (Å²) in [5, 5.41) is 0. The van der Waals surface area contributed by atoms with Crippen molar-refractivity contribution in [3.63, 3.8) is 0 Å². The van der Waals surface area contributed by atoms with E-state index >= 15 is 0 Å². The van der Waals surface area contributed by atoms with Gasteiger partial charge in [0.15, 0.2) is 0 Å². The van der Waals surface area contributed by atoms with Crippen LogP contribution in [0.2, 0.25) is 0 Å². The number of hydrogen-bond donors (Lipinski definition) is 1. The number of amidine groups is 1. The van der Waals surface area contributed by atoms with Crippen molar-refractivity contribution in [2.24, 2.45) is 10.7 Å². The van der Waals surface area contributed by atoms with Crippen LogP contribution in [0.5, 0.6) is 0 Å². The molecule has 0 radical (unpaired) electrons. The Morgan fingerprint density at radius 3 is 2.57 bits per heavy atom. The topological polar surface area (TPSA) is 58.7 Å². The van der Waals surface area contributed by atoms with Crippen molar-refractivity contribution in [3.8, 4) is 0 Å². The predicted octanol–water partition coefficient (Wildman–Crippen LogP) is 0.766. The predicted molar refractivity (Wildman–Crippen MR) is 57.2 cm³/mol. The average molecular weight is 197 g/mol. The zero-order valence-electron chi connectivity index (χ0n) is 8.83. The third kappa shape index (κ3) is 3.77. The number of aliphatic imine (C=N–C) groups is 1. The third-order valence-corrected chi connectivity index (χ3v) is 2.40. The van der Waals surface area contributed by atoms with E-state index in [-0.39, 0.29) is 5.91 Å². The van der Waals surface area contributed by atoms with Crippen LogP contribution in [-0.2, 0) is 4.79 Å². The molecule has 0 atom stereocenters. The molecular weight excluding hydrogens is 178 g/mol. The summed E-state index contributed by atoms with van der Waals surface area (Å²) < 4.78 is 0. The lowest BCUT2D eigenvalue weighted by molar-refractivity contribution is -0.131. The van der Waals surface area contributed by atoms with E-state index in [1.165, 1.54) is 6.42 Å². The fourth-order valence-corrected chi connectivity index (χ4v) is 1.63. The molecule has 1 heterocycles. The molecule has 0 spiro atoms. The third-order valence-electron chi connectivity index (χ3n) is 2.40. The number of piperidine rings is 1. The molecule has 0 unspecified atom stereocenters. The summed E-state index contributed by atoms with van der Waals surface area (Å²) in [6, 6.07) is 0. The minimum Gasteiger partial charge on any atom is -0.388 e. The molecule has 0 saturated carbocycles. The van der Waals surface area contributed by atoms with Gasteiger partial charge in [-0.3, -0.25) is 9.79 Å². The van der Waals surface area contributed by atoms with Crippen molar-refractivity contribution >= 4 is 11.7 Å². The Labute approximate surface area is 85.2 Å². The number of likely N-dealkylation sites (tertiary alicyclic amines) is 1. The fraction of sp³-hybridized carbons (Fsp3) is 0.800. The lowest BCUT2D eigenvalue weighted by Crippen LogP contribution is -2.35. The van der Waals surface area contributed by atoms with Gasteiger partial charge in [-0.1, -0.05) is 0 Å². The van der Waals surface area contributed by atoms with Gasteiger partial charge in [0.2, 0.25) is 5.91 Å². The van der Waals surface area contributed by atoms with Gasteiger partial charge in [-0.2, -0.15) is 0 Å². The summed E-state index contributed by atoms with van der Waals surface area (Å²) in [5.41, 5.74) is 5.38. The second kappa shape index (κ2) is 5.62. The van der Waals surface area contributed by atoms with Crippen molar-refractivity contribution in [1.82, 2.24) is 4.90 Å². The van der Waals surface area contributed by atoms with Gasteiger partial charge in [0.25, 0.3) is 0 Å². The molecule has 1 fully saturated rings. The second-order valence-electron chi connectivity index (χ2n) is 3.71. The zero-order valence-corrected chi connectivity index (χ0v) is 8.83. The van der Waals surface area contributed by atoms with Crippen molar-refractivity contribution in [3.05, 3.63) is 0 Å². The molecule has 0 aliphatic carbocycles. The molecule has 1 saturated heterocycles. The largest absolute Gasteiger partial charge is 0.388 e. The summed E-state index contributed by atoms with van der Waals surface area (Å²) >= 11 is 0. The second-order valence-corrected chi connectivity index (χ2v) is 3.71. The maximum atomic E-state index is 11.6. The first-order chi connectivity index (χ1) is 6.70. The Morgan fingerprint density at radius 2 is 2.00 bits per heavy atom. The maximum Gasteiger partial charge on any atom is 0.224 e. The normalized spacial score (nSPS) is 18.4. The smallest absolute Gasteiger partial charge is 0.224 e. The van der Waals surface area contributed by atoms with E-state index in [4.69, 9.17) is 5.73 Å². The summed E-state index contributed by atoms with van der Waals surface area (Å²) in [6.07, 6.45) is 4.04. The average Bonchev–Trinajstić information content (AvgIpc) is 2.18. The van der Waals surface area contributed by atoms with E-state index in [0.29, 0.717) is 18.8 Å². The molecule has 0 aromatic heterocycles. The highest BCUT2D eigenvalue weighted by atomic mass is 16.2. The van der Waals surface area contributed by atoms with Gasteiger partial charge >= 0.3 is 0 Å². The van der Waals surface area contributed by atoms with Crippen LogP contribution in [0.3, 0.4) is 0 Å². The van der Waals surface area contributed by atoms with Gasteiger partial charge in [-0.25, -0.2) is 0 Å². The summed E-state index contributed by atoms with van der Waals surface area (Å²) in [4.78, 5) is 17.5. The number of nitrogens with two attached hydrogens (primary N) is 1.